The van der Waals surface area contributed by atoms with E-state index < -0.39 is 56.0 Å². The minimum Gasteiger partial charge on any atom is -0.396 e. The average Bonchev–Trinajstić information content (AvgIpc) is 0.861. The summed E-state index contributed by atoms with van der Waals surface area (Å²) in [5.74, 6) is 35.5. The molecule has 626 valence electrons. The lowest BCUT2D eigenvalue weighted by Crippen LogP contribution is -2.34. The van der Waals surface area contributed by atoms with Crippen molar-refractivity contribution in [2.24, 2.45) is 59.2 Å². The summed E-state index contributed by atoms with van der Waals surface area (Å²) in [6.45, 7) is 64.0. The molecule has 10 N–H and O–H groups in total. The molecule has 0 amide bonds. The average molecular weight is 1510 g/mol. The van der Waals surface area contributed by atoms with Crippen LogP contribution in [0.2, 0.25) is 0 Å². The van der Waals surface area contributed by atoms with Gasteiger partial charge in [0, 0.05) is 26.4 Å². The summed E-state index contributed by atoms with van der Waals surface area (Å²) in [5.41, 5.74) is -7.43. The Labute approximate surface area is 653 Å². The SMILES string of the molecule is CC(C)CC(C)(C#CC(C)(CC(C)C)OCCCCO)OCCCCO.CC(C)CC(C)(C#CC(C)(CC(C)C)OCCO)OCCO.CC(C)CC(C)(O)C#CC(C)(O)CC(C)C.CCC(C)CC(C)(C#CC(C)(CC(C)CC)OCCO)OCCO.CCC(C)CC(C)(O)C#CC(C)(O)CC(C)CC. The molecule has 0 radical (unpaired) electrons. The van der Waals surface area contributed by atoms with Crippen molar-refractivity contribution in [1.82, 2.24) is 0 Å². The minimum atomic E-state index is -1.01. The van der Waals surface area contributed by atoms with E-state index in [9.17, 15) is 20.4 Å². The number of aliphatic hydroxyl groups excluding tert-OH is 6. The molecule has 14 atom stereocenters. The summed E-state index contributed by atoms with van der Waals surface area (Å²) >= 11 is 0. The van der Waals surface area contributed by atoms with Gasteiger partial charge >= 0.3 is 0 Å². The molecule has 0 aliphatic rings. The van der Waals surface area contributed by atoms with Gasteiger partial charge in [-0.2, -0.15) is 0 Å². The highest BCUT2D eigenvalue weighted by molar-refractivity contribution is 5.24. The van der Waals surface area contributed by atoms with Crippen LogP contribution >= 0.6 is 0 Å². The molecule has 106 heavy (non-hydrogen) atoms. The number of unbranched alkanes of at least 4 members (excludes halogenated alkanes) is 2. The second kappa shape index (κ2) is 59.0. The van der Waals surface area contributed by atoms with Gasteiger partial charge < -0.3 is 79.5 Å². The molecule has 0 aromatic heterocycles. The second-order valence-corrected chi connectivity index (χ2v) is 35.0. The molecule has 0 saturated heterocycles. The molecule has 0 spiro atoms. The van der Waals surface area contributed by atoms with Crippen LogP contribution in [0.15, 0.2) is 0 Å². The Morgan fingerprint density at radius 2 is 0.387 bits per heavy atom. The van der Waals surface area contributed by atoms with Gasteiger partial charge in [0.2, 0.25) is 0 Å². The molecular weight excluding hydrogens is 1340 g/mol. The summed E-state index contributed by atoms with van der Waals surface area (Å²) in [7, 11) is 0. The standard InChI is InChI=1S/C22H42O4.C20H38O4.C18H34O4.C16H30O2.C14H26O2/c1-19(2)17-21(5,25-15-9-7-13-23)11-12-22(6,18-20(3)4)26-16-10-8-14-24;1-7-17(3)15-19(5,23-13-11-21)9-10-20(6,24-14-12-22)16-18(4)8-2;1-15(2)13-17(5,21-11-9-19)7-8-18(6,14-16(3)4)22-12-10-20;1-7-13(3)11-15(5,17)9-10-16(6,18)12-14(4)8-2;1-11(2)9-13(5,15)7-8-14(6,16)10-12(3)4/h19-20,23-24H,7-10,13-18H2,1-6H3;17-18,21-22H,7-8,11-16H2,1-6H3;15-16,19-20H,9-14H2,1-6H3;13-14,17-18H,7-8,11-12H2,1-6H3;11-12,15-16H,9-10H2,1-6H3. The number of rotatable bonds is 46. The van der Waals surface area contributed by atoms with E-state index in [0.29, 0.717) is 98.1 Å². The summed E-state index contributed by atoms with van der Waals surface area (Å²) in [6, 6.07) is 0. The fourth-order valence-corrected chi connectivity index (χ4v) is 12.5. The van der Waals surface area contributed by atoms with E-state index >= 15 is 0 Å². The van der Waals surface area contributed by atoms with Crippen molar-refractivity contribution < 1.29 is 79.5 Å². The van der Waals surface area contributed by atoms with Crippen LogP contribution in [-0.2, 0) is 28.4 Å². The zero-order valence-corrected chi connectivity index (χ0v) is 73.9. The molecule has 0 fully saturated rings. The highest BCUT2D eigenvalue weighted by Gasteiger charge is 2.33. The third kappa shape index (κ3) is 65.8. The normalized spacial score (nSPS) is 18.2. The maximum atomic E-state index is 10.2. The monoisotopic (exact) mass is 1510 g/mol. The van der Waals surface area contributed by atoms with Gasteiger partial charge in [0.05, 0.1) is 52.9 Å². The molecule has 0 heterocycles. The van der Waals surface area contributed by atoms with Crippen LogP contribution in [0.5, 0.6) is 0 Å². The summed E-state index contributed by atoms with van der Waals surface area (Å²) < 4.78 is 35.5. The highest BCUT2D eigenvalue weighted by atomic mass is 16.5. The smallest absolute Gasteiger partial charge is 0.126 e. The molecule has 0 aromatic carbocycles. The first kappa shape index (κ1) is 112. The van der Waals surface area contributed by atoms with Gasteiger partial charge in [-0.25, -0.2) is 0 Å². The van der Waals surface area contributed by atoms with E-state index in [1.165, 1.54) is 0 Å². The summed E-state index contributed by atoms with van der Waals surface area (Å²) in [5, 5.41) is 94.4. The van der Waals surface area contributed by atoms with Crippen LogP contribution in [-0.4, -0.2) is 186 Å². The molecule has 0 aromatic rings. The van der Waals surface area contributed by atoms with Crippen LogP contribution in [0.1, 0.15) is 323 Å². The van der Waals surface area contributed by atoms with Crippen LogP contribution in [0.25, 0.3) is 0 Å². The topological polar surface area (TPSA) is 258 Å². The Morgan fingerprint density at radius 3 is 0.557 bits per heavy atom. The first-order chi connectivity index (χ1) is 48.7. The largest absolute Gasteiger partial charge is 0.396 e. The van der Waals surface area contributed by atoms with Crippen LogP contribution in [0.4, 0.5) is 0 Å². The van der Waals surface area contributed by atoms with Crippen molar-refractivity contribution >= 4 is 0 Å². The molecule has 0 aliphatic carbocycles. The Bertz CT molecular complexity index is 2350. The van der Waals surface area contributed by atoms with Gasteiger partial charge in [0.15, 0.2) is 0 Å². The van der Waals surface area contributed by atoms with Crippen molar-refractivity contribution in [3.63, 3.8) is 0 Å². The highest BCUT2D eigenvalue weighted by Crippen LogP contribution is 2.30. The minimum absolute atomic E-state index is 0.0110. The van der Waals surface area contributed by atoms with E-state index in [1.807, 2.05) is 55.4 Å². The van der Waals surface area contributed by atoms with E-state index in [0.717, 1.165) is 89.9 Å². The van der Waals surface area contributed by atoms with Crippen molar-refractivity contribution in [3.05, 3.63) is 0 Å². The molecule has 14 unspecified atom stereocenters. The molecule has 0 saturated carbocycles. The first-order valence-corrected chi connectivity index (χ1v) is 40.8. The molecule has 16 heteroatoms. The maximum absolute atomic E-state index is 10.2. The van der Waals surface area contributed by atoms with Crippen molar-refractivity contribution in [2.75, 3.05) is 79.3 Å². The zero-order valence-electron chi connectivity index (χ0n) is 73.9. The third-order valence-corrected chi connectivity index (χ3v) is 17.5. The van der Waals surface area contributed by atoms with E-state index in [1.54, 1.807) is 27.7 Å². The van der Waals surface area contributed by atoms with Crippen molar-refractivity contribution in [1.29, 1.82) is 0 Å². The number of aliphatic hydroxyl groups is 10. The molecule has 16 nitrogen and oxygen atoms in total. The fourth-order valence-electron chi connectivity index (χ4n) is 12.5. The van der Waals surface area contributed by atoms with Gasteiger partial charge in [-0.1, -0.05) is 223 Å². The van der Waals surface area contributed by atoms with Crippen LogP contribution < -0.4 is 0 Å². The predicted octanol–water partition coefficient (Wildman–Crippen LogP) is 16.1. The van der Waals surface area contributed by atoms with E-state index in [-0.39, 0.29) is 66.1 Å². The number of hydrogen-bond acceptors (Lipinski definition) is 16. The van der Waals surface area contributed by atoms with Crippen LogP contribution in [0.3, 0.4) is 0 Å². The zero-order chi connectivity index (χ0) is 83.3. The molecule has 0 bridgehead atoms. The number of hydrogen-bond donors (Lipinski definition) is 10. The maximum Gasteiger partial charge on any atom is 0.126 e. The lowest BCUT2D eigenvalue weighted by molar-refractivity contribution is -0.0270. The Hall–Kier alpha value is -2.84. The lowest BCUT2D eigenvalue weighted by Gasteiger charge is -2.30. The fraction of sp³-hybridized carbons (Fsp3) is 0.889. The Kier molecular flexibility index (Phi) is 62.2. The van der Waals surface area contributed by atoms with E-state index in [2.05, 4.69) is 184 Å². The quantitative estimate of drug-likeness (QED) is 0.0201. The number of ether oxygens (including phenoxy) is 6. The van der Waals surface area contributed by atoms with Gasteiger partial charge in [0.1, 0.15) is 56.0 Å². The lowest BCUT2D eigenvalue weighted by atomic mass is 9.88. The van der Waals surface area contributed by atoms with Crippen molar-refractivity contribution in [3.8, 4) is 59.2 Å². The molecule has 0 aliphatic heterocycles. The summed E-state index contributed by atoms with van der Waals surface area (Å²) in [4.78, 5) is 0. The Balaban J connectivity index is -0.000000405. The van der Waals surface area contributed by atoms with Gasteiger partial charge in [-0.15, -0.1) is 0 Å². The van der Waals surface area contributed by atoms with Gasteiger partial charge in [-0.3, -0.25) is 0 Å². The Morgan fingerprint density at radius 1 is 0.217 bits per heavy atom. The van der Waals surface area contributed by atoms with Gasteiger partial charge in [0.25, 0.3) is 0 Å². The first-order valence-electron chi connectivity index (χ1n) is 40.8. The third-order valence-electron chi connectivity index (χ3n) is 17.5. The summed E-state index contributed by atoms with van der Waals surface area (Å²) in [6.07, 6.45) is 14.8. The van der Waals surface area contributed by atoms with Crippen molar-refractivity contribution in [2.45, 2.75) is 379 Å². The predicted molar refractivity (Wildman–Crippen MR) is 442 cm³/mol. The molecule has 0 rings (SSSR count). The second-order valence-electron chi connectivity index (χ2n) is 35.0. The van der Waals surface area contributed by atoms with E-state index in [4.69, 9.17) is 59.1 Å². The molecular formula is C90H170O16. The van der Waals surface area contributed by atoms with Crippen LogP contribution in [0, 0.1) is 118 Å². The van der Waals surface area contributed by atoms with Gasteiger partial charge in [-0.05, 0) is 218 Å².